The van der Waals surface area contributed by atoms with Gasteiger partial charge in [0.05, 0.1) is 0 Å². The molecule has 3 N–H and O–H groups in total. The molecule has 0 radical (unpaired) electrons. The maximum Gasteiger partial charge on any atom is 0.126 e. The second kappa shape index (κ2) is 2.66. The molecule has 66 valence electrons. The molecule has 13 heavy (non-hydrogen) atoms. The van der Waals surface area contributed by atoms with Gasteiger partial charge in [-0.3, -0.25) is 0 Å². The van der Waals surface area contributed by atoms with Gasteiger partial charge in [-0.2, -0.15) is 0 Å². The average Bonchev–Trinajstić information content (AvgIpc) is 2.15. The van der Waals surface area contributed by atoms with Crippen molar-refractivity contribution in [1.29, 1.82) is 0 Å². The lowest BCUT2D eigenvalue weighted by Gasteiger charge is -2.06. The number of anilines is 1. The molecule has 0 aromatic heterocycles. The van der Waals surface area contributed by atoms with Crippen LogP contribution in [-0.4, -0.2) is 5.11 Å². The first-order valence-electron chi connectivity index (χ1n) is 4.17. The monoisotopic (exact) mass is 173 g/mol. The molecule has 2 nitrogen and oxygen atoms in total. The number of rotatable bonds is 0. The number of phenolic OH excluding ortho intramolecular Hbond substituents is 1. The topological polar surface area (TPSA) is 46.2 Å². The normalized spacial score (nSPS) is 10.5. The fourth-order valence-electron chi connectivity index (χ4n) is 1.53. The van der Waals surface area contributed by atoms with Crippen molar-refractivity contribution in [2.24, 2.45) is 0 Å². The molecule has 2 rings (SSSR count). The quantitative estimate of drug-likeness (QED) is 0.474. The van der Waals surface area contributed by atoms with Gasteiger partial charge in [-0.15, -0.1) is 0 Å². The Hall–Kier alpha value is -1.70. The summed E-state index contributed by atoms with van der Waals surface area (Å²) in [6.07, 6.45) is 0. The fraction of sp³-hybridized carbons (Fsp3) is 0.0909. The third-order valence-corrected chi connectivity index (χ3v) is 2.24. The summed E-state index contributed by atoms with van der Waals surface area (Å²) < 4.78 is 0. The highest BCUT2D eigenvalue weighted by molar-refractivity contribution is 5.97. The van der Waals surface area contributed by atoms with Crippen LogP contribution in [0.25, 0.3) is 10.8 Å². The standard InChI is InChI=1S/C11H11NO/c1-7-6-10(12)8-4-2-3-5-9(8)11(7)13/h2-6,13H,12H2,1H3. The first-order valence-corrected chi connectivity index (χ1v) is 4.17. The van der Waals surface area contributed by atoms with Gasteiger partial charge >= 0.3 is 0 Å². The number of nitrogens with two attached hydrogens (primary N) is 1. The van der Waals surface area contributed by atoms with E-state index >= 15 is 0 Å². The molecule has 2 aromatic rings. The van der Waals surface area contributed by atoms with Crippen LogP contribution >= 0.6 is 0 Å². The minimum Gasteiger partial charge on any atom is -0.507 e. The lowest BCUT2D eigenvalue weighted by atomic mass is 10.0. The molecule has 0 atom stereocenters. The average molecular weight is 173 g/mol. The minimum atomic E-state index is 0.324. The van der Waals surface area contributed by atoms with Gasteiger partial charge in [-0.05, 0) is 18.6 Å². The van der Waals surface area contributed by atoms with Crippen LogP contribution in [0.1, 0.15) is 5.56 Å². The van der Waals surface area contributed by atoms with E-state index in [0.717, 1.165) is 16.3 Å². The van der Waals surface area contributed by atoms with Crippen LogP contribution in [0.3, 0.4) is 0 Å². The predicted octanol–water partition coefficient (Wildman–Crippen LogP) is 2.44. The molecule has 2 aromatic carbocycles. The van der Waals surface area contributed by atoms with Crippen LogP contribution in [-0.2, 0) is 0 Å². The van der Waals surface area contributed by atoms with Crippen molar-refractivity contribution in [3.8, 4) is 5.75 Å². The van der Waals surface area contributed by atoms with E-state index in [9.17, 15) is 5.11 Å². The van der Waals surface area contributed by atoms with Crippen LogP contribution < -0.4 is 5.73 Å². The smallest absolute Gasteiger partial charge is 0.126 e. The van der Waals surface area contributed by atoms with Crippen molar-refractivity contribution in [3.63, 3.8) is 0 Å². The summed E-state index contributed by atoms with van der Waals surface area (Å²) in [6.45, 7) is 1.85. The molecule has 0 aliphatic rings. The number of hydrogen-bond acceptors (Lipinski definition) is 2. The number of fused-ring (bicyclic) bond motifs is 1. The Kier molecular flexibility index (Phi) is 1.62. The molecule has 0 saturated carbocycles. The summed E-state index contributed by atoms with van der Waals surface area (Å²) >= 11 is 0. The zero-order chi connectivity index (χ0) is 9.42. The van der Waals surface area contributed by atoms with E-state index in [0.29, 0.717) is 11.4 Å². The SMILES string of the molecule is Cc1cc(N)c2ccccc2c1O. The number of hydrogen-bond donors (Lipinski definition) is 2. The van der Waals surface area contributed by atoms with E-state index < -0.39 is 0 Å². The molecule has 0 saturated heterocycles. The highest BCUT2D eigenvalue weighted by Gasteiger charge is 2.04. The molecule has 0 heterocycles. The lowest BCUT2D eigenvalue weighted by Crippen LogP contribution is -1.88. The third-order valence-electron chi connectivity index (χ3n) is 2.24. The van der Waals surface area contributed by atoms with Gasteiger partial charge in [0.2, 0.25) is 0 Å². The molecule has 0 aliphatic heterocycles. The van der Waals surface area contributed by atoms with Crippen molar-refractivity contribution in [2.75, 3.05) is 5.73 Å². The number of benzene rings is 2. The fourth-order valence-corrected chi connectivity index (χ4v) is 1.53. The van der Waals surface area contributed by atoms with Gasteiger partial charge in [0.1, 0.15) is 5.75 Å². The molecule has 0 unspecified atom stereocenters. The summed E-state index contributed by atoms with van der Waals surface area (Å²) in [5, 5.41) is 11.5. The van der Waals surface area contributed by atoms with Crippen LogP contribution in [0.4, 0.5) is 5.69 Å². The number of aryl methyl sites for hydroxylation is 1. The van der Waals surface area contributed by atoms with Crippen molar-refractivity contribution in [1.82, 2.24) is 0 Å². The van der Waals surface area contributed by atoms with Crippen LogP contribution in [0.5, 0.6) is 5.75 Å². The van der Waals surface area contributed by atoms with E-state index in [1.807, 2.05) is 31.2 Å². The van der Waals surface area contributed by atoms with Crippen molar-refractivity contribution in [3.05, 3.63) is 35.9 Å². The van der Waals surface area contributed by atoms with E-state index in [1.165, 1.54) is 0 Å². The number of aromatic hydroxyl groups is 1. The molecule has 0 fully saturated rings. The zero-order valence-corrected chi connectivity index (χ0v) is 7.41. The maximum atomic E-state index is 9.73. The summed E-state index contributed by atoms with van der Waals surface area (Å²) in [7, 11) is 0. The maximum absolute atomic E-state index is 9.73. The molecular formula is C11H11NO. The first kappa shape index (κ1) is 7.92. The Balaban J connectivity index is 2.97. The van der Waals surface area contributed by atoms with Crippen LogP contribution in [0, 0.1) is 6.92 Å². The zero-order valence-electron chi connectivity index (χ0n) is 7.41. The lowest BCUT2D eigenvalue weighted by molar-refractivity contribution is 0.477. The highest BCUT2D eigenvalue weighted by Crippen LogP contribution is 2.32. The Labute approximate surface area is 76.6 Å². The molecule has 0 amide bonds. The van der Waals surface area contributed by atoms with Gasteiger partial charge in [-0.1, -0.05) is 24.3 Å². The van der Waals surface area contributed by atoms with Gasteiger partial charge < -0.3 is 10.8 Å². The highest BCUT2D eigenvalue weighted by atomic mass is 16.3. The first-order chi connectivity index (χ1) is 6.20. The Morgan fingerprint density at radius 3 is 2.46 bits per heavy atom. The number of phenols is 1. The number of nitrogen functional groups attached to an aromatic ring is 1. The second-order valence-corrected chi connectivity index (χ2v) is 3.18. The van der Waals surface area contributed by atoms with Gasteiger partial charge in [0, 0.05) is 16.5 Å². The van der Waals surface area contributed by atoms with Crippen LogP contribution in [0.2, 0.25) is 0 Å². The molecule has 0 aliphatic carbocycles. The molecule has 2 heteroatoms. The third kappa shape index (κ3) is 1.11. The van der Waals surface area contributed by atoms with Crippen molar-refractivity contribution >= 4 is 16.5 Å². The van der Waals surface area contributed by atoms with Gasteiger partial charge in [-0.25, -0.2) is 0 Å². The largest absolute Gasteiger partial charge is 0.507 e. The van der Waals surface area contributed by atoms with E-state index in [1.54, 1.807) is 6.07 Å². The van der Waals surface area contributed by atoms with E-state index in [-0.39, 0.29) is 0 Å². The Bertz CT molecular complexity index is 463. The molecule has 0 spiro atoms. The van der Waals surface area contributed by atoms with Gasteiger partial charge in [0.15, 0.2) is 0 Å². The Morgan fingerprint density at radius 2 is 1.77 bits per heavy atom. The molecular weight excluding hydrogens is 162 g/mol. The van der Waals surface area contributed by atoms with Crippen LogP contribution in [0.15, 0.2) is 30.3 Å². The molecule has 0 bridgehead atoms. The Morgan fingerprint density at radius 1 is 1.15 bits per heavy atom. The van der Waals surface area contributed by atoms with Crippen molar-refractivity contribution in [2.45, 2.75) is 6.92 Å². The summed E-state index contributed by atoms with van der Waals surface area (Å²) in [5.41, 5.74) is 7.34. The van der Waals surface area contributed by atoms with E-state index in [4.69, 9.17) is 5.73 Å². The minimum absolute atomic E-state index is 0.324. The summed E-state index contributed by atoms with van der Waals surface area (Å²) in [4.78, 5) is 0. The summed E-state index contributed by atoms with van der Waals surface area (Å²) in [6, 6.07) is 9.36. The van der Waals surface area contributed by atoms with Gasteiger partial charge in [0.25, 0.3) is 0 Å². The predicted molar refractivity (Wildman–Crippen MR) is 54.8 cm³/mol. The van der Waals surface area contributed by atoms with E-state index in [2.05, 4.69) is 0 Å². The second-order valence-electron chi connectivity index (χ2n) is 3.18. The van der Waals surface area contributed by atoms with Crippen molar-refractivity contribution < 1.29 is 5.11 Å². The summed E-state index contributed by atoms with van der Waals surface area (Å²) in [5.74, 6) is 0.324.